The molecule has 0 aromatic carbocycles. The molecule has 0 fully saturated rings. The number of hydrogen-bond donors (Lipinski definition) is 8. The molecule has 0 aromatic heterocycles. The number of aliphatic carboxylic acids is 1. The molecule has 0 saturated carbocycles. The third kappa shape index (κ3) is 11.5. The molecule has 0 bridgehead atoms. The van der Waals surface area contributed by atoms with Crippen molar-refractivity contribution in [3.05, 3.63) is 0 Å². The average molecular weight is 445 g/mol. The normalized spacial score (nSPS) is 14.4. The Bertz CT molecular complexity index is 684. The molecule has 4 unspecified atom stereocenters. The Morgan fingerprint density at radius 2 is 1.23 bits per heavy atom. The Hall–Kier alpha value is -3.26. The quantitative estimate of drug-likeness (QED) is 0.113. The van der Waals surface area contributed by atoms with E-state index < -0.39 is 72.5 Å². The van der Waals surface area contributed by atoms with E-state index in [1.165, 1.54) is 6.92 Å². The first-order valence-electron chi connectivity index (χ1n) is 9.55. The van der Waals surface area contributed by atoms with E-state index >= 15 is 0 Å². The lowest BCUT2D eigenvalue weighted by Gasteiger charge is -2.24. The second-order valence-corrected chi connectivity index (χ2v) is 6.94. The molecule has 0 aliphatic carbocycles. The first-order chi connectivity index (χ1) is 14.4. The number of carboxylic acid groups (broad SMARTS) is 1. The van der Waals surface area contributed by atoms with Gasteiger partial charge in [0.1, 0.15) is 18.1 Å². The summed E-state index contributed by atoms with van der Waals surface area (Å²) >= 11 is 0. The van der Waals surface area contributed by atoms with E-state index in [9.17, 15) is 28.8 Å². The van der Waals surface area contributed by atoms with E-state index in [1.807, 2.05) is 0 Å². The molecule has 0 saturated heterocycles. The molecule has 0 aliphatic heterocycles. The van der Waals surface area contributed by atoms with Crippen molar-refractivity contribution in [3.63, 3.8) is 0 Å². The van der Waals surface area contributed by atoms with Crippen LogP contribution in [0, 0.1) is 0 Å². The van der Waals surface area contributed by atoms with E-state index in [0.717, 1.165) is 0 Å². The Morgan fingerprint density at radius 1 is 0.774 bits per heavy atom. The van der Waals surface area contributed by atoms with E-state index in [4.69, 9.17) is 28.0 Å². The fourth-order valence-corrected chi connectivity index (χ4v) is 2.42. The minimum Gasteiger partial charge on any atom is -0.480 e. The zero-order valence-corrected chi connectivity index (χ0v) is 17.3. The number of carbonyl (C=O) groups excluding carboxylic acids is 5. The van der Waals surface area contributed by atoms with Gasteiger partial charge >= 0.3 is 5.97 Å². The maximum atomic E-state index is 12.6. The van der Waals surface area contributed by atoms with Gasteiger partial charge in [-0.2, -0.15) is 0 Å². The summed E-state index contributed by atoms with van der Waals surface area (Å²) in [4.78, 5) is 70.6. The number of nitrogens with two attached hydrogens (primary N) is 4. The molecule has 0 spiro atoms. The molecule has 4 atom stereocenters. The van der Waals surface area contributed by atoms with Gasteiger partial charge < -0.3 is 44.0 Å². The number of nitrogens with one attached hydrogen (secondary N) is 3. The average Bonchev–Trinajstić information content (AvgIpc) is 2.64. The highest BCUT2D eigenvalue weighted by Gasteiger charge is 2.31. The van der Waals surface area contributed by atoms with Crippen LogP contribution in [0.1, 0.15) is 39.0 Å². The second kappa shape index (κ2) is 13.9. The highest BCUT2D eigenvalue weighted by Crippen LogP contribution is 2.05. The standard InChI is InChI=1S/C17H31N7O7/c1-8(19)14(27)23-10(6-12(20)25)16(29)22-9(4-2-3-5-18)15(28)24-11(17(30)31)7-13(21)26/h8-11H,2-7,18-19H2,1H3,(H2,20,25)(H2,21,26)(H,22,29)(H,23,27)(H,24,28)(H,30,31). The van der Waals surface area contributed by atoms with Gasteiger partial charge in [0, 0.05) is 0 Å². The van der Waals surface area contributed by atoms with Crippen molar-refractivity contribution in [2.24, 2.45) is 22.9 Å². The summed E-state index contributed by atoms with van der Waals surface area (Å²) in [5.41, 5.74) is 21.0. The fraction of sp³-hybridized carbons (Fsp3) is 0.647. The zero-order chi connectivity index (χ0) is 24.1. The molecule has 0 heterocycles. The van der Waals surface area contributed by atoms with Gasteiger partial charge in [-0.05, 0) is 32.7 Å². The number of amides is 5. The lowest BCUT2D eigenvalue weighted by atomic mass is 10.1. The van der Waals surface area contributed by atoms with Crippen LogP contribution in [0.4, 0.5) is 0 Å². The van der Waals surface area contributed by atoms with E-state index in [2.05, 4.69) is 16.0 Å². The molecule has 5 amide bonds. The molecule has 31 heavy (non-hydrogen) atoms. The van der Waals surface area contributed by atoms with Crippen LogP contribution in [0.25, 0.3) is 0 Å². The van der Waals surface area contributed by atoms with Crippen LogP contribution in [-0.4, -0.2) is 71.3 Å². The molecule has 0 radical (unpaired) electrons. The van der Waals surface area contributed by atoms with Gasteiger partial charge in [-0.25, -0.2) is 4.79 Å². The minimum absolute atomic E-state index is 0.0716. The highest BCUT2D eigenvalue weighted by molar-refractivity contribution is 5.96. The van der Waals surface area contributed by atoms with Crippen molar-refractivity contribution in [1.29, 1.82) is 0 Å². The highest BCUT2D eigenvalue weighted by atomic mass is 16.4. The molecular weight excluding hydrogens is 414 g/mol. The Kier molecular flexibility index (Phi) is 12.4. The number of rotatable bonds is 15. The predicted molar refractivity (Wildman–Crippen MR) is 108 cm³/mol. The molecule has 0 rings (SSSR count). The molecule has 176 valence electrons. The van der Waals surface area contributed by atoms with Crippen LogP contribution in [0.15, 0.2) is 0 Å². The van der Waals surface area contributed by atoms with E-state index in [1.54, 1.807) is 0 Å². The third-order valence-corrected chi connectivity index (χ3v) is 4.05. The number of unbranched alkanes of at least 4 members (excludes halogenated alkanes) is 1. The SMILES string of the molecule is CC(N)C(=O)NC(CC(N)=O)C(=O)NC(CCCCN)C(=O)NC(CC(N)=O)C(=O)O. The van der Waals surface area contributed by atoms with Crippen LogP contribution < -0.4 is 38.9 Å². The number of carboxylic acids is 1. The summed E-state index contributed by atoms with van der Waals surface area (Å²) < 4.78 is 0. The number of primary amides is 2. The van der Waals surface area contributed by atoms with Crippen LogP contribution in [0.5, 0.6) is 0 Å². The Morgan fingerprint density at radius 3 is 1.68 bits per heavy atom. The summed E-state index contributed by atoms with van der Waals surface area (Å²) in [6.45, 7) is 1.68. The fourth-order valence-electron chi connectivity index (χ4n) is 2.42. The van der Waals surface area contributed by atoms with Crippen molar-refractivity contribution in [2.45, 2.75) is 63.2 Å². The van der Waals surface area contributed by atoms with Crippen LogP contribution in [0.2, 0.25) is 0 Å². The number of hydrogen-bond acceptors (Lipinski definition) is 8. The summed E-state index contributed by atoms with van der Waals surface area (Å²) in [7, 11) is 0. The number of carbonyl (C=O) groups is 6. The largest absolute Gasteiger partial charge is 0.480 e. The van der Waals surface area contributed by atoms with E-state index in [0.29, 0.717) is 19.4 Å². The predicted octanol–water partition coefficient (Wildman–Crippen LogP) is -4.25. The molecule has 0 aromatic rings. The Labute approximate surface area is 178 Å². The maximum absolute atomic E-state index is 12.6. The molecular formula is C17H31N7O7. The lowest BCUT2D eigenvalue weighted by Crippen LogP contribution is -2.57. The second-order valence-electron chi connectivity index (χ2n) is 6.94. The van der Waals surface area contributed by atoms with Gasteiger partial charge in [0.05, 0.1) is 18.9 Å². The van der Waals surface area contributed by atoms with Crippen LogP contribution in [0.3, 0.4) is 0 Å². The van der Waals surface area contributed by atoms with Crippen molar-refractivity contribution >= 4 is 35.5 Å². The summed E-state index contributed by atoms with van der Waals surface area (Å²) in [6, 6.07) is -5.21. The van der Waals surface area contributed by atoms with Crippen molar-refractivity contribution < 1.29 is 33.9 Å². The minimum atomic E-state index is -1.60. The topological polar surface area (TPSA) is 263 Å². The van der Waals surface area contributed by atoms with Gasteiger partial charge in [0.25, 0.3) is 0 Å². The first-order valence-corrected chi connectivity index (χ1v) is 9.55. The smallest absolute Gasteiger partial charge is 0.326 e. The summed E-state index contributed by atoms with van der Waals surface area (Å²) in [6.07, 6.45) is -0.229. The molecule has 0 aliphatic rings. The Balaban J connectivity index is 5.47. The molecule has 12 N–H and O–H groups in total. The van der Waals surface area contributed by atoms with Gasteiger partial charge in [-0.1, -0.05) is 0 Å². The maximum Gasteiger partial charge on any atom is 0.326 e. The van der Waals surface area contributed by atoms with Crippen LogP contribution in [-0.2, 0) is 28.8 Å². The van der Waals surface area contributed by atoms with E-state index in [-0.39, 0.29) is 6.42 Å². The van der Waals surface area contributed by atoms with Crippen molar-refractivity contribution in [1.82, 2.24) is 16.0 Å². The van der Waals surface area contributed by atoms with Gasteiger partial charge in [-0.15, -0.1) is 0 Å². The molecule has 14 nitrogen and oxygen atoms in total. The zero-order valence-electron chi connectivity index (χ0n) is 17.3. The van der Waals surface area contributed by atoms with Crippen molar-refractivity contribution in [2.75, 3.05) is 6.54 Å². The molecule has 14 heteroatoms. The monoisotopic (exact) mass is 445 g/mol. The summed E-state index contributed by atoms with van der Waals surface area (Å²) in [5, 5.41) is 15.9. The summed E-state index contributed by atoms with van der Waals surface area (Å²) in [5.74, 6) is -5.84. The van der Waals surface area contributed by atoms with Gasteiger partial charge in [0.15, 0.2) is 0 Å². The van der Waals surface area contributed by atoms with Crippen molar-refractivity contribution in [3.8, 4) is 0 Å². The first kappa shape index (κ1) is 27.7. The third-order valence-electron chi connectivity index (χ3n) is 4.05. The van der Waals surface area contributed by atoms with Gasteiger partial charge in [-0.3, -0.25) is 24.0 Å². The lowest BCUT2D eigenvalue weighted by molar-refractivity contribution is -0.144. The van der Waals surface area contributed by atoms with Gasteiger partial charge in [0.2, 0.25) is 29.5 Å². The van der Waals surface area contributed by atoms with Crippen LogP contribution >= 0.6 is 0 Å².